The van der Waals surface area contributed by atoms with E-state index in [1.165, 1.54) is 19.1 Å². The molecule has 0 radical (unpaired) electrons. The van der Waals surface area contributed by atoms with Crippen molar-refractivity contribution in [1.82, 2.24) is 10.6 Å². The van der Waals surface area contributed by atoms with Crippen LogP contribution in [0.4, 0.5) is 23.7 Å². The quantitative estimate of drug-likeness (QED) is 0.252. The summed E-state index contributed by atoms with van der Waals surface area (Å²) >= 11 is 0. The van der Waals surface area contributed by atoms with Crippen LogP contribution in [0.25, 0.3) is 0 Å². The summed E-state index contributed by atoms with van der Waals surface area (Å²) in [5.74, 6) is -0.773. The number of halogens is 3. The Morgan fingerprint density at radius 1 is 0.925 bits per heavy atom. The number of benzene rings is 2. The van der Waals surface area contributed by atoms with E-state index in [1.807, 2.05) is 71.9 Å². The van der Waals surface area contributed by atoms with Crippen LogP contribution in [0, 0.1) is 5.92 Å². The number of aliphatic hydroxyl groups is 1. The van der Waals surface area contributed by atoms with Gasteiger partial charge in [0.25, 0.3) is 5.91 Å². The average molecular weight is 572 g/mol. The highest BCUT2D eigenvalue weighted by molar-refractivity contribution is 5.88. The highest BCUT2D eigenvalue weighted by atomic mass is 19.4. The first-order valence-electron chi connectivity index (χ1n) is 13.5. The molecule has 11 heteroatoms. The van der Waals surface area contributed by atoms with Crippen molar-refractivity contribution < 1.29 is 37.3 Å². The fraction of sp³-hybridized carbons (Fsp3) is 0.517. The highest BCUT2D eigenvalue weighted by Gasteiger charge is 2.31. The van der Waals surface area contributed by atoms with Gasteiger partial charge in [-0.1, -0.05) is 77.9 Å². The van der Waals surface area contributed by atoms with Gasteiger partial charge in [0, 0.05) is 18.3 Å². The third-order valence-electron chi connectivity index (χ3n) is 4.96. The minimum absolute atomic E-state index is 0.0111. The second kappa shape index (κ2) is 19.7. The Labute approximate surface area is 235 Å². The van der Waals surface area contributed by atoms with Crippen LogP contribution >= 0.6 is 0 Å². The predicted molar refractivity (Wildman–Crippen MR) is 151 cm³/mol. The maximum atomic E-state index is 12.7. The Kier molecular flexibility index (Phi) is 18.1. The molecule has 0 aliphatic rings. The van der Waals surface area contributed by atoms with E-state index in [0.717, 1.165) is 17.7 Å². The molecule has 40 heavy (non-hydrogen) atoms. The second-order valence-electron chi connectivity index (χ2n) is 8.67. The Morgan fingerprint density at radius 2 is 1.55 bits per heavy atom. The van der Waals surface area contributed by atoms with Gasteiger partial charge in [0.1, 0.15) is 5.75 Å². The monoisotopic (exact) mass is 571 g/mol. The molecular weight excluding hydrogens is 527 g/mol. The van der Waals surface area contributed by atoms with Crippen molar-refractivity contribution in [1.29, 1.82) is 0 Å². The maximum absolute atomic E-state index is 12.7. The van der Waals surface area contributed by atoms with E-state index < -0.39 is 42.4 Å². The summed E-state index contributed by atoms with van der Waals surface area (Å²) in [5, 5.41) is 18.9. The standard InChI is InChI=1S/C25H32F3N3O5.2C2H6/c1-16(2)14-29-15-22(32)21(12-18-8-5-4-6-9-18)31-23(33)17(3)35-24(34)30-19-10-7-11-20(13-19)36-25(26,27)28;2*1-2/h4-11,13,16-17,21-22,29,32H,12,14-15H2,1-3H3,(H,30,34)(H,31,33);2*1-2H3. The van der Waals surface area contributed by atoms with Crippen LogP contribution < -0.4 is 20.7 Å². The highest BCUT2D eigenvalue weighted by Crippen LogP contribution is 2.25. The first-order chi connectivity index (χ1) is 18.9. The number of ether oxygens (including phenoxy) is 2. The summed E-state index contributed by atoms with van der Waals surface area (Å²) in [7, 11) is 0. The van der Waals surface area contributed by atoms with E-state index in [1.54, 1.807) is 0 Å². The topological polar surface area (TPSA) is 109 Å². The predicted octanol–water partition coefficient (Wildman–Crippen LogP) is 5.91. The summed E-state index contributed by atoms with van der Waals surface area (Å²) in [4.78, 5) is 24.9. The van der Waals surface area contributed by atoms with Gasteiger partial charge in [-0.15, -0.1) is 13.2 Å². The van der Waals surface area contributed by atoms with Crippen molar-refractivity contribution in [3.63, 3.8) is 0 Å². The third kappa shape index (κ3) is 15.9. The average Bonchev–Trinajstić information content (AvgIpc) is 2.90. The van der Waals surface area contributed by atoms with Crippen molar-refractivity contribution in [3.05, 3.63) is 60.2 Å². The maximum Gasteiger partial charge on any atom is 0.573 e. The number of rotatable bonds is 12. The molecular formula is C29H44F3N3O5. The van der Waals surface area contributed by atoms with Gasteiger partial charge in [-0.2, -0.15) is 0 Å². The second-order valence-corrected chi connectivity index (χ2v) is 8.67. The molecule has 0 fully saturated rings. The van der Waals surface area contributed by atoms with Gasteiger partial charge in [-0.3, -0.25) is 10.1 Å². The summed E-state index contributed by atoms with van der Waals surface area (Å²) in [6.45, 7) is 14.4. The number of carbonyl (C=O) groups excluding carboxylic acids is 2. The first-order valence-corrected chi connectivity index (χ1v) is 13.5. The molecule has 4 N–H and O–H groups in total. The molecule has 0 saturated carbocycles. The Balaban J connectivity index is 0.00000363. The Morgan fingerprint density at radius 3 is 2.12 bits per heavy atom. The molecule has 2 aromatic rings. The molecule has 2 amide bonds. The summed E-state index contributed by atoms with van der Waals surface area (Å²) in [5.41, 5.74) is 0.890. The van der Waals surface area contributed by atoms with Crippen molar-refractivity contribution in [2.75, 3.05) is 18.4 Å². The van der Waals surface area contributed by atoms with Gasteiger partial charge in [0.05, 0.1) is 12.1 Å². The largest absolute Gasteiger partial charge is 0.573 e. The molecule has 0 aromatic heterocycles. The number of hydrogen-bond donors (Lipinski definition) is 4. The molecule has 0 heterocycles. The zero-order valence-electron chi connectivity index (χ0n) is 24.3. The van der Waals surface area contributed by atoms with Crippen LogP contribution in [-0.4, -0.2) is 54.8 Å². The zero-order chi connectivity index (χ0) is 30.7. The first kappa shape index (κ1) is 36.7. The minimum atomic E-state index is -4.88. The van der Waals surface area contributed by atoms with Gasteiger partial charge >= 0.3 is 12.5 Å². The van der Waals surface area contributed by atoms with Crippen LogP contribution in [0.15, 0.2) is 54.6 Å². The van der Waals surface area contributed by atoms with Crippen LogP contribution in [0.1, 0.15) is 54.0 Å². The van der Waals surface area contributed by atoms with Crippen molar-refractivity contribution in [2.24, 2.45) is 5.92 Å². The number of anilines is 1. The molecule has 0 bridgehead atoms. The molecule has 3 unspecified atom stereocenters. The van der Waals surface area contributed by atoms with Crippen LogP contribution in [0.3, 0.4) is 0 Å². The van der Waals surface area contributed by atoms with Gasteiger partial charge in [0.2, 0.25) is 0 Å². The van der Waals surface area contributed by atoms with Crippen LogP contribution in [-0.2, 0) is 16.0 Å². The molecule has 0 aliphatic carbocycles. The van der Waals surface area contributed by atoms with Gasteiger partial charge < -0.3 is 25.2 Å². The molecule has 2 aromatic carbocycles. The number of aliphatic hydroxyl groups excluding tert-OH is 1. The fourth-order valence-corrected chi connectivity index (χ4v) is 3.25. The van der Waals surface area contributed by atoms with Crippen molar-refractivity contribution in [2.45, 2.75) is 79.5 Å². The SMILES string of the molecule is CC.CC.CC(C)CNCC(O)C(Cc1ccccc1)NC(=O)C(C)OC(=O)Nc1cccc(OC(F)(F)F)c1. The number of carbonyl (C=O) groups is 2. The van der Waals surface area contributed by atoms with Crippen LogP contribution in [0.2, 0.25) is 0 Å². The van der Waals surface area contributed by atoms with Gasteiger partial charge in [0.15, 0.2) is 6.10 Å². The van der Waals surface area contributed by atoms with Crippen molar-refractivity contribution >= 4 is 17.7 Å². The minimum Gasteiger partial charge on any atom is -0.436 e. The Bertz CT molecular complexity index is 975. The molecule has 8 nitrogen and oxygen atoms in total. The van der Waals surface area contributed by atoms with E-state index in [-0.39, 0.29) is 12.2 Å². The third-order valence-corrected chi connectivity index (χ3v) is 4.96. The number of alkyl halides is 3. The molecule has 226 valence electrons. The normalized spacial score (nSPS) is 12.9. The Hall–Kier alpha value is -3.31. The summed E-state index contributed by atoms with van der Waals surface area (Å²) in [6, 6.07) is 13.3. The number of hydrogen-bond acceptors (Lipinski definition) is 6. The van der Waals surface area contributed by atoms with Crippen molar-refractivity contribution in [3.8, 4) is 5.75 Å². The molecule has 2 rings (SSSR count). The van der Waals surface area contributed by atoms with E-state index in [4.69, 9.17) is 4.74 Å². The van der Waals surface area contributed by atoms with E-state index in [0.29, 0.717) is 18.9 Å². The van der Waals surface area contributed by atoms with E-state index >= 15 is 0 Å². The molecule has 3 atom stereocenters. The molecule has 0 aliphatic heterocycles. The molecule has 0 spiro atoms. The van der Waals surface area contributed by atoms with E-state index in [9.17, 15) is 27.9 Å². The summed E-state index contributed by atoms with van der Waals surface area (Å²) in [6.07, 6.45) is -7.72. The summed E-state index contributed by atoms with van der Waals surface area (Å²) < 4.78 is 46.1. The lowest BCUT2D eigenvalue weighted by Gasteiger charge is -2.26. The zero-order valence-corrected chi connectivity index (χ0v) is 24.3. The smallest absolute Gasteiger partial charge is 0.436 e. The number of amides is 2. The number of nitrogens with one attached hydrogen (secondary N) is 3. The molecule has 0 saturated heterocycles. The lowest BCUT2D eigenvalue weighted by Crippen LogP contribution is -2.51. The van der Waals surface area contributed by atoms with Crippen LogP contribution in [0.5, 0.6) is 5.75 Å². The lowest BCUT2D eigenvalue weighted by atomic mass is 10.0. The van der Waals surface area contributed by atoms with E-state index in [2.05, 4.69) is 20.7 Å². The fourth-order valence-electron chi connectivity index (χ4n) is 3.25. The van der Waals surface area contributed by atoms with Gasteiger partial charge in [-0.05, 0) is 43.5 Å². The van der Waals surface area contributed by atoms with Gasteiger partial charge in [-0.25, -0.2) is 4.79 Å². The lowest BCUT2D eigenvalue weighted by molar-refractivity contribution is -0.274.